The Hall–Kier alpha value is -3.68. The van der Waals surface area contributed by atoms with Crippen molar-refractivity contribution in [3.8, 4) is 5.75 Å². The van der Waals surface area contributed by atoms with Crippen LogP contribution in [-0.4, -0.2) is 30.5 Å². The predicted octanol–water partition coefficient (Wildman–Crippen LogP) is 3.08. The van der Waals surface area contributed by atoms with Crippen LogP contribution in [0.15, 0.2) is 41.5 Å². The van der Waals surface area contributed by atoms with Gasteiger partial charge in [0.2, 0.25) is 5.91 Å². The molecular formula is C22H26N4O4. The molecule has 2 aromatic carbocycles. The van der Waals surface area contributed by atoms with E-state index in [4.69, 9.17) is 4.74 Å². The van der Waals surface area contributed by atoms with Crippen LogP contribution in [-0.2, 0) is 14.4 Å². The first-order valence-electron chi connectivity index (χ1n) is 9.36. The van der Waals surface area contributed by atoms with Gasteiger partial charge in [0, 0.05) is 23.2 Å². The lowest BCUT2D eigenvalue weighted by atomic mass is 10.0. The summed E-state index contributed by atoms with van der Waals surface area (Å²) in [5.74, 6) is -1.54. The molecule has 0 atom stereocenters. The van der Waals surface area contributed by atoms with Gasteiger partial charge in [-0.2, -0.15) is 5.10 Å². The summed E-state index contributed by atoms with van der Waals surface area (Å²) >= 11 is 0. The first-order chi connectivity index (χ1) is 14.2. The van der Waals surface area contributed by atoms with Gasteiger partial charge in [-0.15, -0.1) is 0 Å². The maximum Gasteiger partial charge on any atom is 0.329 e. The van der Waals surface area contributed by atoms with Crippen LogP contribution in [0.2, 0.25) is 0 Å². The fraction of sp³-hybridized carbons (Fsp3) is 0.273. The van der Waals surface area contributed by atoms with Crippen molar-refractivity contribution in [2.75, 3.05) is 17.7 Å². The Morgan fingerprint density at radius 2 is 1.63 bits per heavy atom. The Morgan fingerprint density at radius 1 is 0.967 bits per heavy atom. The van der Waals surface area contributed by atoms with Crippen LogP contribution in [0.5, 0.6) is 5.75 Å². The number of hydrogen-bond acceptors (Lipinski definition) is 5. The second-order valence-electron chi connectivity index (χ2n) is 6.97. The predicted molar refractivity (Wildman–Crippen MR) is 117 cm³/mol. The molecule has 2 aromatic rings. The van der Waals surface area contributed by atoms with E-state index in [9.17, 15) is 14.4 Å². The van der Waals surface area contributed by atoms with Crippen LogP contribution in [0.25, 0.3) is 0 Å². The zero-order valence-electron chi connectivity index (χ0n) is 17.8. The highest BCUT2D eigenvalue weighted by Crippen LogP contribution is 2.22. The minimum Gasteiger partial charge on any atom is -0.497 e. The number of aryl methyl sites for hydroxylation is 3. The van der Waals surface area contributed by atoms with E-state index in [1.54, 1.807) is 31.2 Å². The third-order valence-corrected chi connectivity index (χ3v) is 4.24. The van der Waals surface area contributed by atoms with E-state index in [1.807, 2.05) is 32.9 Å². The Morgan fingerprint density at radius 3 is 2.27 bits per heavy atom. The number of ether oxygens (including phenoxy) is 1. The number of rotatable bonds is 6. The molecule has 0 fully saturated rings. The Labute approximate surface area is 175 Å². The van der Waals surface area contributed by atoms with Crippen LogP contribution in [0.3, 0.4) is 0 Å². The molecule has 0 aliphatic rings. The number of hydrazone groups is 1. The zero-order chi connectivity index (χ0) is 22.3. The van der Waals surface area contributed by atoms with E-state index in [-0.39, 0.29) is 12.3 Å². The number of carbonyl (C=O) groups is 3. The molecule has 0 aliphatic carbocycles. The lowest BCUT2D eigenvalue weighted by Crippen LogP contribution is -2.33. The van der Waals surface area contributed by atoms with Crippen LogP contribution < -0.4 is 20.8 Å². The third-order valence-electron chi connectivity index (χ3n) is 4.24. The highest BCUT2D eigenvalue weighted by molar-refractivity contribution is 6.39. The summed E-state index contributed by atoms with van der Waals surface area (Å²) in [6.45, 7) is 7.44. The molecule has 0 saturated heterocycles. The van der Waals surface area contributed by atoms with E-state index < -0.39 is 11.8 Å². The van der Waals surface area contributed by atoms with Crippen molar-refractivity contribution in [2.45, 2.75) is 34.1 Å². The number of carbonyl (C=O) groups excluding carboxylic acids is 3. The first kappa shape index (κ1) is 22.6. The number of nitrogens with one attached hydrogen (secondary N) is 3. The SMILES string of the molecule is COc1cccc(NC(=O)C(=O)N/N=C(/C)CC(=O)Nc2c(C)cc(C)cc2C)c1. The molecule has 158 valence electrons. The van der Waals surface area contributed by atoms with Crippen molar-refractivity contribution in [1.29, 1.82) is 0 Å². The van der Waals surface area contributed by atoms with Gasteiger partial charge in [0.05, 0.1) is 13.5 Å². The van der Waals surface area contributed by atoms with Crippen molar-refractivity contribution < 1.29 is 19.1 Å². The number of amides is 3. The Kier molecular flexibility index (Phi) is 7.69. The molecule has 8 nitrogen and oxygen atoms in total. The standard InChI is InChI=1S/C22H26N4O4/c1-13-9-14(2)20(15(3)10-13)24-19(27)11-16(4)25-26-22(29)21(28)23-17-7-6-8-18(12-17)30-5/h6-10,12H,11H2,1-5H3,(H,23,28)(H,24,27)(H,26,29)/b25-16-. The molecule has 0 aliphatic heterocycles. The minimum absolute atomic E-state index is 0.0233. The van der Waals surface area contributed by atoms with Crippen LogP contribution in [0, 0.1) is 20.8 Å². The summed E-state index contributed by atoms with van der Waals surface area (Å²) in [6.07, 6.45) is -0.0233. The topological polar surface area (TPSA) is 109 Å². The Balaban J connectivity index is 1.90. The average molecular weight is 410 g/mol. The maximum atomic E-state index is 12.3. The van der Waals surface area contributed by atoms with Crippen LogP contribution >= 0.6 is 0 Å². The van der Waals surface area contributed by atoms with E-state index >= 15 is 0 Å². The quantitative estimate of drug-likeness (QED) is 0.386. The van der Waals surface area contributed by atoms with Crippen molar-refractivity contribution in [3.63, 3.8) is 0 Å². The molecule has 0 aromatic heterocycles. The van der Waals surface area contributed by atoms with Crippen LogP contribution in [0.4, 0.5) is 11.4 Å². The fourth-order valence-electron chi connectivity index (χ4n) is 2.92. The lowest BCUT2D eigenvalue weighted by Gasteiger charge is -2.12. The number of nitrogens with zero attached hydrogens (tertiary/aromatic N) is 1. The number of anilines is 2. The third kappa shape index (κ3) is 6.44. The Bertz CT molecular complexity index is 975. The van der Waals surface area contributed by atoms with Gasteiger partial charge in [0.25, 0.3) is 0 Å². The second kappa shape index (κ2) is 10.2. The molecule has 0 heterocycles. The van der Waals surface area contributed by atoms with E-state index in [1.165, 1.54) is 7.11 Å². The summed E-state index contributed by atoms with van der Waals surface area (Å²) < 4.78 is 5.06. The van der Waals surface area contributed by atoms with Gasteiger partial charge in [0.15, 0.2) is 0 Å². The van der Waals surface area contributed by atoms with Crippen molar-refractivity contribution >= 4 is 34.8 Å². The lowest BCUT2D eigenvalue weighted by molar-refractivity contribution is -0.136. The largest absolute Gasteiger partial charge is 0.497 e. The summed E-state index contributed by atoms with van der Waals surface area (Å²) in [6, 6.07) is 10.6. The summed E-state index contributed by atoms with van der Waals surface area (Å²) in [5.41, 5.74) is 6.76. The molecule has 3 N–H and O–H groups in total. The second-order valence-corrected chi connectivity index (χ2v) is 6.97. The molecule has 2 rings (SSSR count). The van der Waals surface area contributed by atoms with E-state index in [2.05, 4.69) is 21.2 Å². The van der Waals surface area contributed by atoms with Crippen molar-refractivity contribution in [3.05, 3.63) is 53.1 Å². The monoisotopic (exact) mass is 410 g/mol. The van der Waals surface area contributed by atoms with Gasteiger partial charge in [-0.1, -0.05) is 23.8 Å². The zero-order valence-corrected chi connectivity index (χ0v) is 17.8. The molecular weight excluding hydrogens is 384 g/mol. The normalized spacial score (nSPS) is 10.9. The van der Waals surface area contributed by atoms with Gasteiger partial charge in [-0.05, 0) is 51.0 Å². The smallest absolute Gasteiger partial charge is 0.329 e. The molecule has 0 spiro atoms. The molecule has 3 amide bonds. The van der Waals surface area contributed by atoms with Crippen LogP contribution in [0.1, 0.15) is 30.0 Å². The summed E-state index contributed by atoms with van der Waals surface area (Å²) in [5, 5.41) is 9.15. The molecule has 0 saturated carbocycles. The fourth-order valence-corrected chi connectivity index (χ4v) is 2.92. The van der Waals surface area contributed by atoms with Crippen molar-refractivity contribution in [2.24, 2.45) is 5.10 Å². The van der Waals surface area contributed by atoms with Gasteiger partial charge in [-0.25, -0.2) is 5.43 Å². The van der Waals surface area contributed by atoms with E-state index in [0.717, 1.165) is 22.4 Å². The molecule has 8 heteroatoms. The van der Waals surface area contributed by atoms with Gasteiger partial charge in [-0.3, -0.25) is 14.4 Å². The number of benzene rings is 2. The number of methoxy groups -OCH3 is 1. The summed E-state index contributed by atoms with van der Waals surface area (Å²) in [4.78, 5) is 36.2. The van der Waals surface area contributed by atoms with Gasteiger partial charge < -0.3 is 15.4 Å². The van der Waals surface area contributed by atoms with E-state index in [0.29, 0.717) is 17.1 Å². The first-order valence-corrected chi connectivity index (χ1v) is 9.36. The molecule has 30 heavy (non-hydrogen) atoms. The van der Waals surface area contributed by atoms with Crippen molar-refractivity contribution in [1.82, 2.24) is 5.43 Å². The average Bonchev–Trinajstić information content (AvgIpc) is 2.68. The van der Waals surface area contributed by atoms with Gasteiger partial charge in [0.1, 0.15) is 5.75 Å². The maximum absolute atomic E-state index is 12.3. The summed E-state index contributed by atoms with van der Waals surface area (Å²) in [7, 11) is 1.50. The molecule has 0 radical (unpaired) electrons. The minimum atomic E-state index is -0.942. The number of hydrogen-bond donors (Lipinski definition) is 3. The highest BCUT2D eigenvalue weighted by atomic mass is 16.5. The van der Waals surface area contributed by atoms with Gasteiger partial charge >= 0.3 is 11.8 Å². The molecule has 0 unspecified atom stereocenters. The highest BCUT2D eigenvalue weighted by Gasteiger charge is 2.14. The molecule has 0 bridgehead atoms.